The highest BCUT2D eigenvalue weighted by molar-refractivity contribution is 9.10. The Kier molecular flexibility index (Phi) is 5.08. The predicted octanol–water partition coefficient (Wildman–Crippen LogP) is 3.38. The molecule has 1 aromatic carbocycles. The second kappa shape index (κ2) is 6.12. The summed E-state index contributed by atoms with van der Waals surface area (Å²) in [6.45, 7) is 1.82. The zero-order valence-electron chi connectivity index (χ0n) is 8.93. The van der Waals surface area contributed by atoms with E-state index in [1.807, 2.05) is 0 Å². The average molecular weight is 324 g/mol. The number of benzene rings is 1. The molecule has 0 saturated carbocycles. The Morgan fingerprint density at radius 3 is 2.71 bits per heavy atom. The summed E-state index contributed by atoms with van der Waals surface area (Å²) in [5.74, 6) is -1.83. The summed E-state index contributed by atoms with van der Waals surface area (Å²) in [5, 5.41) is 0.0903. The second-order valence-corrected chi connectivity index (χ2v) is 4.41. The molecule has 3 nitrogen and oxygen atoms in total. The highest BCUT2D eigenvalue weighted by Gasteiger charge is 2.17. The fraction of sp³-hybridized carbons (Fsp3) is 0.273. The van der Waals surface area contributed by atoms with Crippen LogP contribution in [0.2, 0.25) is 5.02 Å². The molecule has 0 saturated heterocycles. The molecule has 0 aliphatic carbocycles. The molecule has 0 aliphatic rings. The highest BCUT2D eigenvalue weighted by atomic mass is 79.9. The molecule has 0 amide bonds. The summed E-state index contributed by atoms with van der Waals surface area (Å²) < 4.78 is 18.0. The van der Waals surface area contributed by atoms with Gasteiger partial charge in [-0.25, -0.2) is 4.39 Å². The van der Waals surface area contributed by atoms with Crippen molar-refractivity contribution >= 4 is 39.3 Å². The Labute approximate surface area is 111 Å². The first-order valence-electron chi connectivity index (χ1n) is 4.79. The molecule has 0 bridgehead atoms. The third-order valence-electron chi connectivity index (χ3n) is 1.92. The van der Waals surface area contributed by atoms with Gasteiger partial charge in [-0.2, -0.15) is 0 Å². The van der Waals surface area contributed by atoms with Gasteiger partial charge in [0.25, 0.3) is 0 Å². The van der Waals surface area contributed by atoms with Crippen LogP contribution >= 0.6 is 27.5 Å². The fourth-order valence-corrected chi connectivity index (χ4v) is 1.92. The van der Waals surface area contributed by atoms with Crippen molar-refractivity contribution in [2.45, 2.75) is 13.3 Å². The summed E-state index contributed by atoms with van der Waals surface area (Å²) in [6, 6.07) is 2.27. The molecule has 0 radical (unpaired) electrons. The molecule has 0 unspecified atom stereocenters. The number of hydrogen-bond donors (Lipinski definition) is 0. The Morgan fingerprint density at radius 2 is 2.12 bits per heavy atom. The lowest BCUT2D eigenvalue weighted by molar-refractivity contribution is -0.141. The van der Waals surface area contributed by atoms with Gasteiger partial charge in [-0.05, 0) is 35.0 Å². The van der Waals surface area contributed by atoms with Crippen LogP contribution < -0.4 is 0 Å². The Morgan fingerprint density at radius 1 is 1.47 bits per heavy atom. The summed E-state index contributed by atoms with van der Waals surface area (Å²) >= 11 is 8.73. The number of carbonyl (C=O) groups excluding carboxylic acids is 2. The van der Waals surface area contributed by atoms with Gasteiger partial charge in [-0.1, -0.05) is 11.6 Å². The van der Waals surface area contributed by atoms with Crippen molar-refractivity contribution in [2.75, 3.05) is 6.61 Å². The zero-order valence-corrected chi connectivity index (χ0v) is 11.3. The maximum absolute atomic E-state index is 13.2. The van der Waals surface area contributed by atoms with Gasteiger partial charge in [0.05, 0.1) is 16.1 Å². The Hall–Kier alpha value is -0.940. The maximum atomic E-state index is 13.2. The molecule has 1 aromatic rings. The minimum atomic E-state index is -0.656. The lowest BCUT2D eigenvalue weighted by atomic mass is 10.1. The fourth-order valence-electron chi connectivity index (χ4n) is 1.17. The minimum Gasteiger partial charge on any atom is -0.466 e. The van der Waals surface area contributed by atoms with E-state index in [9.17, 15) is 14.0 Å². The van der Waals surface area contributed by atoms with E-state index in [1.165, 1.54) is 6.07 Å². The van der Waals surface area contributed by atoms with Gasteiger partial charge >= 0.3 is 5.97 Å². The van der Waals surface area contributed by atoms with Gasteiger partial charge in [-0.15, -0.1) is 0 Å². The van der Waals surface area contributed by atoms with Gasteiger partial charge in [0, 0.05) is 5.56 Å². The number of ether oxygens (including phenoxy) is 1. The van der Waals surface area contributed by atoms with Crippen molar-refractivity contribution in [1.29, 1.82) is 0 Å². The lowest BCUT2D eigenvalue weighted by Crippen LogP contribution is -2.12. The molecule has 0 spiro atoms. The molecule has 0 N–H and O–H groups in total. The van der Waals surface area contributed by atoms with E-state index >= 15 is 0 Å². The Balaban J connectivity index is 2.89. The van der Waals surface area contributed by atoms with Crippen molar-refractivity contribution in [3.05, 3.63) is 33.0 Å². The van der Waals surface area contributed by atoms with Crippen LogP contribution in [0.4, 0.5) is 4.39 Å². The third kappa shape index (κ3) is 3.78. The van der Waals surface area contributed by atoms with Crippen LogP contribution in [0.25, 0.3) is 0 Å². The number of Topliss-reactive ketones (excluding diaryl/α,β-unsaturated/α-hetero) is 1. The summed E-state index contributed by atoms with van der Waals surface area (Å²) in [4.78, 5) is 22.7. The van der Waals surface area contributed by atoms with Crippen LogP contribution in [0.1, 0.15) is 23.7 Å². The summed E-state index contributed by atoms with van der Waals surface area (Å²) in [6.07, 6.45) is -0.450. The number of rotatable bonds is 4. The van der Waals surface area contributed by atoms with Crippen LogP contribution in [-0.4, -0.2) is 18.4 Å². The number of carbonyl (C=O) groups is 2. The topological polar surface area (TPSA) is 43.4 Å². The van der Waals surface area contributed by atoms with Gasteiger partial charge in [-0.3, -0.25) is 9.59 Å². The monoisotopic (exact) mass is 322 g/mol. The number of hydrogen-bond acceptors (Lipinski definition) is 3. The highest BCUT2D eigenvalue weighted by Crippen LogP contribution is 2.25. The lowest BCUT2D eigenvalue weighted by Gasteiger charge is -2.05. The van der Waals surface area contributed by atoms with E-state index in [-0.39, 0.29) is 21.7 Å². The van der Waals surface area contributed by atoms with Crippen LogP contribution in [0.3, 0.4) is 0 Å². The molecule has 0 atom stereocenters. The summed E-state index contributed by atoms with van der Waals surface area (Å²) in [5.41, 5.74) is -0.0274. The second-order valence-electron chi connectivity index (χ2n) is 3.15. The zero-order chi connectivity index (χ0) is 13.0. The summed E-state index contributed by atoms with van der Waals surface area (Å²) in [7, 11) is 0. The van der Waals surface area contributed by atoms with E-state index in [0.29, 0.717) is 0 Å². The van der Waals surface area contributed by atoms with E-state index < -0.39 is 24.0 Å². The van der Waals surface area contributed by atoms with Gasteiger partial charge < -0.3 is 4.74 Å². The minimum absolute atomic E-state index is 0.0274. The molecule has 6 heteroatoms. The first-order valence-corrected chi connectivity index (χ1v) is 5.96. The SMILES string of the molecule is CCOC(=O)CC(=O)c1cc(F)c(Br)cc1Cl. The third-order valence-corrected chi connectivity index (χ3v) is 2.84. The Bertz CT molecular complexity index is 462. The molecule has 0 fully saturated rings. The smallest absolute Gasteiger partial charge is 0.313 e. The maximum Gasteiger partial charge on any atom is 0.313 e. The number of ketones is 1. The van der Waals surface area contributed by atoms with Crippen molar-refractivity contribution in [1.82, 2.24) is 0 Å². The first-order chi connectivity index (χ1) is 7.95. The molecule has 0 aromatic heterocycles. The van der Waals surface area contributed by atoms with E-state index in [0.717, 1.165) is 6.07 Å². The van der Waals surface area contributed by atoms with Crippen molar-refractivity contribution < 1.29 is 18.7 Å². The van der Waals surface area contributed by atoms with Crippen molar-refractivity contribution in [3.63, 3.8) is 0 Å². The van der Waals surface area contributed by atoms with Gasteiger partial charge in [0.1, 0.15) is 12.2 Å². The molecular weight excluding hydrogens is 314 g/mol. The predicted molar refractivity (Wildman–Crippen MR) is 64.7 cm³/mol. The first kappa shape index (κ1) is 14.1. The standard InChI is InChI=1S/C11H9BrClFO3/c1-2-17-11(16)5-10(15)6-3-9(14)7(12)4-8(6)13/h3-4H,2,5H2,1H3. The molecule has 0 aliphatic heterocycles. The quantitative estimate of drug-likeness (QED) is 0.369. The van der Waals surface area contributed by atoms with Crippen LogP contribution in [0.5, 0.6) is 0 Å². The van der Waals surface area contributed by atoms with E-state index in [1.54, 1.807) is 6.92 Å². The van der Waals surface area contributed by atoms with E-state index in [4.69, 9.17) is 11.6 Å². The molecule has 92 valence electrons. The van der Waals surface area contributed by atoms with Crippen LogP contribution in [0, 0.1) is 5.82 Å². The molecular formula is C11H9BrClFO3. The average Bonchev–Trinajstić information content (AvgIpc) is 2.23. The van der Waals surface area contributed by atoms with Crippen LogP contribution in [-0.2, 0) is 9.53 Å². The molecule has 17 heavy (non-hydrogen) atoms. The normalized spacial score (nSPS) is 10.1. The van der Waals surface area contributed by atoms with Crippen LogP contribution in [0.15, 0.2) is 16.6 Å². The number of halogens is 3. The van der Waals surface area contributed by atoms with E-state index in [2.05, 4.69) is 20.7 Å². The van der Waals surface area contributed by atoms with Gasteiger partial charge in [0.15, 0.2) is 5.78 Å². The largest absolute Gasteiger partial charge is 0.466 e. The van der Waals surface area contributed by atoms with Crippen molar-refractivity contribution in [3.8, 4) is 0 Å². The number of esters is 1. The van der Waals surface area contributed by atoms with Gasteiger partial charge in [0.2, 0.25) is 0 Å². The molecule has 1 rings (SSSR count). The molecule has 0 heterocycles. The van der Waals surface area contributed by atoms with Crippen molar-refractivity contribution in [2.24, 2.45) is 0 Å².